The Hall–Kier alpha value is -0.670. The molecule has 2 rings (SSSR count). The number of hydrogen-bond acceptors (Lipinski definition) is 2. The van der Waals surface area contributed by atoms with Crippen LogP contribution in [0.1, 0.15) is 29.6 Å². The quantitative estimate of drug-likeness (QED) is 0.828. The average molecular weight is 262 g/mol. The Morgan fingerprint density at radius 1 is 1.56 bits per heavy atom. The first-order valence-corrected chi connectivity index (χ1v) is 6.15. The lowest BCUT2D eigenvalue weighted by Crippen LogP contribution is -2.30. The summed E-state index contributed by atoms with van der Waals surface area (Å²) < 4.78 is 4.86. The molecule has 3 nitrogen and oxygen atoms in total. The molecular formula is C11H13Cl2NO2. The first-order chi connectivity index (χ1) is 7.67. The van der Waals surface area contributed by atoms with Crippen LogP contribution in [0, 0.1) is 5.41 Å². The van der Waals surface area contributed by atoms with Gasteiger partial charge >= 0.3 is 0 Å². The van der Waals surface area contributed by atoms with Crippen molar-refractivity contribution in [2.24, 2.45) is 5.41 Å². The second kappa shape index (κ2) is 4.68. The number of carbonyl (C=O) groups excluding carboxylic acids is 1. The predicted molar refractivity (Wildman–Crippen MR) is 63.1 cm³/mol. The van der Waals surface area contributed by atoms with Gasteiger partial charge in [0.1, 0.15) is 0 Å². The molecule has 1 saturated carbocycles. The van der Waals surface area contributed by atoms with Gasteiger partial charge in [-0.15, -0.1) is 11.6 Å². The van der Waals surface area contributed by atoms with Crippen molar-refractivity contribution in [3.8, 4) is 0 Å². The van der Waals surface area contributed by atoms with Crippen molar-refractivity contribution < 1.29 is 9.21 Å². The summed E-state index contributed by atoms with van der Waals surface area (Å²) in [6.45, 7) is 0.667. The Morgan fingerprint density at radius 2 is 2.31 bits per heavy atom. The number of furan rings is 1. The second-order valence-electron chi connectivity index (χ2n) is 4.23. The first-order valence-electron chi connectivity index (χ1n) is 5.24. The van der Waals surface area contributed by atoms with Gasteiger partial charge in [0.15, 0.2) is 0 Å². The summed E-state index contributed by atoms with van der Waals surface area (Å²) in [5.41, 5.74) is 0.622. The highest BCUT2D eigenvalue weighted by Crippen LogP contribution is 2.48. The summed E-state index contributed by atoms with van der Waals surface area (Å²) in [6, 6.07) is 1.57. The number of halogens is 2. The van der Waals surface area contributed by atoms with Crippen LogP contribution in [0.15, 0.2) is 16.7 Å². The summed E-state index contributed by atoms with van der Waals surface area (Å²) >= 11 is 11.4. The molecule has 0 aliphatic heterocycles. The first kappa shape index (κ1) is 11.8. The van der Waals surface area contributed by atoms with Crippen molar-refractivity contribution in [2.45, 2.75) is 19.3 Å². The lowest BCUT2D eigenvalue weighted by molar-refractivity contribution is 0.0944. The van der Waals surface area contributed by atoms with E-state index in [1.165, 1.54) is 6.26 Å². The maximum absolute atomic E-state index is 11.7. The van der Waals surface area contributed by atoms with E-state index in [0.29, 0.717) is 18.0 Å². The molecule has 1 aliphatic carbocycles. The zero-order valence-corrected chi connectivity index (χ0v) is 10.3. The number of amides is 1. The molecule has 0 aromatic carbocycles. The standard InChI is InChI=1S/C11H13Cl2NO2/c12-5-4-11(2-3-11)7-14-10(15)8-1-6-16-9(8)13/h1,6H,2-5,7H2,(H,14,15). The topological polar surface area (TPSA) is 42.2 Å². The van der Waals surface area contributed by atoms with E-state index in [0.717, 1.165) is 19.3 Å². The van der Waals surface area contributed by atoms with Crippen molar-refractivity contribution in [1.29, 1.82) is 0 Å². The van der Waals surface area contributed by atoms with Gasteiger partial charge in [-0.25, -0.2) is 0 Å². The molecular weight excluding hydrogens is 249 g/mol. The minimum absolute atomic E-state index is 0.139. The lowest BCUT2D eigenvalue weighted by Gasteiger charge is -2.13. The predicted octanol–water partition coefficient (Wildman–Crippen LogP) is 3.07. The monoisotopic (exact) mass is 261 g/mol. The summed E-state index contributed by atoms with van der Waals surface area (Å²) in [5.74, 6) is 0.460. The average Bonchev–Trinajstić information content (AvgIpc) is 2.89. The van der Waals surface area contributed by atoms with Gasteiger partial charge in [-0.2, -0.15) is 0 Å². The largest absolute Gasteiger partial charge is 0.452 e. The van der Waals surface area contributed by atoms with Crippen LogP contribution in [-0.4, -0.2) is 18.3 Å². The number of rotatable bonds is 5. The minimum Gasteiger partial charge on any atom is -0.452 e. The van der Waals surface area contributed by atoms with E-state index in [2.05, 4.69) is 5.32 Å². The minimum atomic E-state index is -0.181. The molecule has 0 bridgehead atoms. The van der Waals surface area contributed by atoms with Crippen LogP contribution in [0.4, 0.5) is 0 Å². The highest BCUT2D eigenvalue weighted by molar-refractivity contribution is 6.32. The summed E-state index contributed by atoms with van der Waals surface area (Å²) in [7, 11) is 0. The molecule has 16 heavy (non-hydrogen) atoms. The zero-order chi connectivity index (χ0) is 11.6. The molecule has 0 unspecified atom stereocenters. The van der Waals surface area contributed by atoms with Crippen LogP contribution in [0.25, 0.3) is 0 Å². The molecule has 5 heteroatoms. The molecule has 1 amide bonds. The Labute approximate surface area is 104 Å². The van der Waals surface area contributed by atoms with Crippen LogP contribution < -0.4 is 5.32 Å². The van der Waals surface area contributed by atoms with E-state index < -0.39 is 0 Å². The van der Waals surface area contributed by atoms with Gasteiger partial charge in [-0.3, -0.25) is 4.79 Å². The van der Waals surface area contributed by atoms with Gasteiger partial charge in [0.2, 0.25) is 5.22 Å². The highest BCUT2D eigenvalue weighted by Gasteiger charge is 2.41. The van der Waals surface area contributed by atoms with Crippen molar-refractivity contribution in [2.75, 3.05) is 12.4 Å². The molecule has 0 atom stereocenters. The zero-order valence-electron chi connectivity index (χ0n) is 8.76. The van der Waals surface area contributed by atoms with Crippen LogP contribution in [-0.2, 0) is 0 Å². The normalized spacial score (nSPS) is 17.1. The maximum atomic E-state index is 11.7. The molecule has 1 aliphatic rings. The number of hydrogen-bond donors (Lipinski definition) is 1. The summed E-state index contributed by atoms with van der Waals surface area (Å²) in [4.78, 5) is 11.7. The maximum Gasteiger partial charge on any atom is 0.256 e. The fraction of sp³-hybridized carbons (Fsp3) is 0.545. The molecule has 1 aromatic rings. The van der Waals surface area contributed by atoms with Gasteiger partial charge in [-0.05, 0) is 42.3 Å². The smallest absolute Gasteiger partial charge is 0.256 e. The third-order valence-corrected chi connectivity index (χ3v) is 3.55. The number of carbonyl (C=O) groups is 1. The van der Waals surface area contributed by atoms with Crippen molar-refractivity contribution in [1.82, 2.24) is 5.32 Å². The van der Waals surface area contributed by atoms with Gasteiger partial charge in [0.25, 0.3) is 5.91 Å². The summed E-state index contributed by atoms with van der Waals surface area (Å²) in [6.07, 6.45) is 4.63. The lowest BCUT2D eigenvalue weighted by atomic mass is 10.0. The Balaban J connectivity index is 1.87. The van der Waals surface area contributed by atoms with Crippen molar-refractivity contribution in [3.05, 3.63) is 23.1 Å². The Morgan fingerprint density at radius 3 is 2.81 bits per heavy atom. The van der Waals surface area contributed by atoms with Gasteiger partial charge < -0.3 is 9.73 Å². The van der Waals surface area contributed by atoms with E-state index in [4.69, 9.17) is 27.6 Å². The third kappa shape index (κ3) is 2.53. The van der Waals surface area contributed by atoms with E-state index in [1.807, 2.05) is 0 Å². The number of alkyl halides is 1. The fourth-order valence-corrected chi connectivity index (χ4v) is 2.31. The van der Waals surface area contributed by atoms with Crippen LogP contribution >= 0.6 is 23.2 Å². The van der Waals surface area contributed by atoms with Gasteiger partial charge in [-0.1, -0.05) is 0 Å². The van der Waals surface area contributed by atoms with Crippen LogP contribution in [0.3, 0.4) is 0 Å². The van der Waals surface area contributed by atoms with E-state index in [9.17, 15) is 4.79 Å². The van der Waals surface area contributed by atoms with Gasteiger partial charge in [0.05, 0.1) is 11.8 Å². The van der Waals surface area contributed by atoms with E-state index >= 15 is 0 Å². The molecule has 0 saturated heterocycles. The summed E-state index contributed by atoms with van der Waals surface area (Å²) in [5, 5.41) is 3.01. The molecule has 1 fully saturated rings. The van der Waals surface area contributed by atoms with Gasteiger partial charge in [0, 0.05) is 12.4 Å². The van der Waals surface area contributed by atoms with Crippen molar-refractivity contribution in [3.63, 3.8) is 0 Å². The van der Waals surface area contributed by atoms with Crippen LogP contribution in [0.5, 0.6) is 0 Å². The molecule has 0 radical (unpaired) electrons. The second-order valence-corrected chi connectivity index (χ2v) is 4.95. The molecule has 88 valence electrons. The highest BCUT2D eigenvalue weighted by atomic mass is 35.5. The molecule has 0 spiro atoms. The molecule has 1 N–H and O–H groups in total. The van der Waals surface area contributed by atoms with E-state index in [-0.39, 0.29) is 16.5 Å². The van der Waals surface area contributed by atoms with E-state index in [1.54, 1.807) is 6.07 Å². The fourth-order valence-electron chi connectivity index (χ4n) is 1.71. The molecule has 1 aromatic heterocycles. The van der Waals surface area contributed by atoms with Crippen LogP contribution in [0.2, 0.25) is 5.22 Å². The number of nitrogens with one attached hydrogen (secondary N) is 1. The third-order valence-electron chi connectivity index (χ3n) is 3.07. The SMILES string of the molecule is O=C(NCC1(CCCl)CC1)c1ccoc1Cl. The Bertz CT molecular complexity index is 385. The Kier molecular flexibility index (Phi) is 3.45. The molecule has 1 heterocycles. The van der Waals surface area contributed by atoms with Crippen molar-refractivity contribution >= 4 is 29.1 Å².